The molecule has 0 spiro atoms. The van der Waals surface area contributed by atoms with Gasteiger partial charge >= 0.3 is 5.97 Å². The lowest BCUT2D eigenvalue weighted by atomic mass is 10.1. The van der Waals surface area contributed by atoms with E-state index in [1.54, 1.807) is 17.0 Å². The van der Waals surface area contributed by atoms with E-state index in [0.29, 0.717) is 10.3 Å². The molecular formula is C17H18N6O3S2. The minimum atomic E-state index is -0.512. The van der Waals surface area contributed by atoms with E-state index in [4.69, 9.17) is 4.74 Å². The number of aromatic nitrogens is 5. The molecule has 0 saturated heterocycles. The number of anilines is 1. The summed E-state index contributed by atoms with van der Waals surface area (Å²) in [7, 11) is 0. The first-order valence-electron chi connectivity index (χ1n) is 8.53. The van der Waals surface area contributed by atoms with E-state index >= 15 is 0 Å². The molecule has 2 aromatic heterocycles. The number of nitrogens with zero attached hydrogens (tertiary/aromatic N) is 5. The third kappa shape index (κ3) is 4.93. The highest BCUT2D eigenvalue weighted by Gasteiger charge is 2.15. The zero-order valence-electron chi connectivity index (χ0n) is 15.3. The van der Waals surface area contributed by atoms with Gasteiger partial charge in [0.2, 0.25) is 11.1 Å². The second-order valence-corrected chi connectivity index (χ2v) is 7.29. The van der Waals surface area contributed by atoms with Gasteiger partial charge in [-0.1, -0.05) is 30.8 Å². The summed E-state index contributed by atoms with van der Waals surface area (Å²) >= 11 is 2.37. The summed E-state index contributed by atoms with van der Waals surface area (Å²) in [5, 5.41) is 16.7. The second kappa shape index (κ2) is 9.42. The first-order chi connectivity index (χ1) is 13.6. The molecule has 9 nitrogen and oxygen atoms in total. The predicted octanol–water partition coefficient (Wildman–Crippen LogP) is 2.59. The molecule has 0 bridgehead atoms. The molecule has 0 aliphatic carbocycles. The molecule has 0 fully saturated rings. The molecular weight excluding hydrogens is 400 g/mol. The summed E-state index contributed by atoms with van der Waals surface area (Å²) < 4.78 is 6.46. The van der Waals surface area contributed by atoms with Gasteiger partial charge < -0.3 is 10.1 Å². The van der Waals surface area contributed by atoms with E-state index < -0.39 is 5.97 Å². The average molecular weight is 419 g/mol. The molecule has 3 aromatic rings. The molecule has 11 heteroatoms. The van der Waals surface area contributed by atoms with E-state index in [9.17, 15) is 9.59 Å². The van der Waals surface area contributed by atoms with E-state index in [1.165, 1.54) is 17.3 Å². The van der Waals surface area contributed by atoms with Crippen LogP contribution in [0.25, 0.3) is 5.69 Å². The van der Waals surface area contributed by atoms with Crippen LogP contribution in [0, 0.1) is 0 Å². The van der Waals surface area contributed by atoms with Crippen molar-refractivity contribution in [2.75, 3.05) is 17.7 Å². The van der Waals surface area contributed by atoms with Crippen molar-refractivity contribution in [3.05, 3.63) is 40.9 Å². The van der Waals surface area contributed by atoms with Gasteiger partial charge in [0.25, 0.3) is 0 Å². The summed E-state index contributed by atoms with van der Waals surface area (Å²) in [5.74, 6) is -0.686. The van der Waals surface area contributed by atoms with Crippen molar-refractivity contribution in [2.45, 2.75) is 25.4 Å². The topological polar surface area (TPSA) is 112 Å². The number of hydrogen-bond acceptors (Lipinski definition) is 9. The maximum absolute atomic E-state index is 12.2. The molecule has 1 N–H and O–H groups in total. The Hall–Kier alpha value is -2.79. The first kappa shape index (κ1) is 20.0. The molecule has 28 heavy (non-hydrogen) atoms. The minimum absolute atomic E-state index is 0.0989. The zero-order chi connectivity index (χ0) is 19.9. The normalized spacial score (nSPS) is 10.6. The largest absolute Gasteiger partial charge is 0.461 e. The standard InChI is InChI=1S/C17H18N6O3S2/c1-3-11-5-7-12(8-6-11)23-17(20-21-22-23)28-10-14(24)19-16-18-13(9-27-16)15(25)26-4-2/h5-9H,3-4,10H2,1-2H3,(H,18,19,24). The van der Waals surface area contributed by atoms with Gasteiger partial charge in [-0.2, -0.15) is 4.68 Å². The van der Waals surface area contributed by atoms with Gasteiger partial charge in [0, 0.05) is 5.38 Å². The number of thioether (sulfide) groups is 1. The lowest BCUT2D eigenvalue weighted by Gasteiger charge is -2.05. The molecule has 0 atom stereocenters. The lowest BCUT2D eigenvalue weighted by Crippen LogP contribution is -2.15. The van der Waals surface area contributed by atoms with Gasteiger partial charge in [-0.15, -0.1) is 16.4 Å². The van der Waals surface area contributed by atoms with Gasteiger partial charge in [0.1, 0.15) is 0 Å². The number of nitrogens with one attached hydrogen (secondary N) is 1. The minimum Gasteiger partial charge on any atom is -0.461 e. The quantitative estimate of drug-likeness (QED) is 0.439. The number of hydrogen-bond donors (Lipinski definition) is 1. The van der Waals surface area contributed by atoms with Gasteiger partial charge in [-0.25, -0.2) is 9.78 Å². The van der Waals surface area contributed by atoms with E-state index in [2.05, 4.69) is 32.7 Å². The number of rotatable bonds is 8. The van der Waals surface area contributed by atoms with Crippen LogP contribution in [0.3, 0.4) is 0 Å². The molecule has 1 aromatic carbocycles. The molecule has 0 saturated carbocycles. The molecule has 3 rings (SSSR count). The Bertz CT molecular complexity index is 954. The molecule has 2 heterocycles. The zero-order valence-corrected chi connectivity index (χ0v) is 16.9. The molecule has 0 aliphatic heterocycles. The Morgan fingerprint density at radius 3 is 2.75 bits per heavy atom. The van der Waals surface area contributed by atoms with Crippen LogP contribution in [0.2, 0.25) is 0 Å². The van der Waals surface area contributed by atoms with Crippen LogP contribution in [0.15, 0.2) is 34.8 Å². The average Bonchev–Trinajstić information content (AvgIpc) is 3.36. The van der Waals surface area contributed by atoms with Crippen LogP contribution >= 0.6 is 23.1 Å². The van der Waals surface area contributed by atoms with E-state index in [1.807, 2.05) is 24.3 Å². The summed E-state index contributed by atoms with van der Waals surface area (Å²) in [6.07, 6.45) is 0.951. The third-order valence-corrected chi connectivity index (χ3v) is 5.27. The van der Waals surface area contributed by atoms with Gasteiger partial charge in [0.15, 0.2) is 10.8 Å². The highest BCUT2D eigenvalue weighted by Crippen LogP contribution is 2.20. The monoisotopic (exact) mass is 418 g/mol. The number of esters is 1. The van der Waals surface area contributed by atoms with Gasteiger partial charge in [-0.3, -0.25) is 4.79 Å². The van der Waals surface area contributed by atoms with Crippen molar-refractivity contribution in [1.82, 2.24) is 25.2 Å². The van der Waals surface area contributed by atoms with Crippen LogP contribution in [0.5, 0.6) is 0 Å². The second-order valence-electron chi connectivity index (χ2n) is 5.49. The van der Waals surface area contributed by atoms with E-state index in [0.717, 1.165) is 23.4 Å². The maximum atomic E-state index is 12.2. The fourth-order valence-electron chi connectivity index (χ4n) is 2.22. The van der Waals surface area contributed by atoms with Crippen LogP contribution in [-0.4, -0.2) is 49.4 Å². The Morgan fingerprint density at radius 1 is 1.25 bits per heavy atom. The lowest BCUT2D eigenvalue weighted by molar-refractivity contribution is -0.113. The summed E-state index contributed by atoms with van der Waals surface area (Å²) in [5.41, 5.74) is 2.22. The predicted molar refractivity (Wildman–Crippen MR) is 106 cm³/mol. The highest BCUT2D eigenvalue weighted by atomic mass is 32.2. The fourth-order valence-corrected chi connectivity index (χ4v) is 3.61. The smallest absolute Gasteiger partial charge is 0.357 e. The molecule has 0 aliphatic rings. The van der Waals surface area contributed by atoms with E-state index in [-0.39, 0.29) is 24.0 Å². The maximum Gasteiger partial charge on any atom is 0.357 e. The third-order valence-electron chi connectivity index (χ3n) is 3.60. The van der Waals surface area contributed by atoms with Crippen molar-refractivity contribution in [2.24, 2.45) is 0 Å². The number of carbonyl (C=O) groups is 2. The number of thiazole rings is 1. The van der Waals surface area contributed by atoms with Crippen molar-refractivity contribution >= 4 is 40.1 Å². The van der Waals surface area contributed by atoms with Crippen LogP contribution in [0.4, 0.5) is 5.13 Å². The molecule has 146 valence electrons. The SMILES string of the molecule is CCOC(=O)c1csc(NC(=O)CSc2nnnn2-c2ccc(CC)cc2)n1. The van der Waals surface area contributed by atoms with Crippen LogP contribution in [0.1, 0.15) is 29.9 Å². The summed E-state index contributed by atoms with van der Waals surface area (Å²) in [4.78, 5) is 27.9. The summed E-state index contributed by atoms with van der Waals surface area (Å²) in [6.45, 7) is 4.07. The van der Waals surface area contributed by atoms with Crippen LogP contribution in [-0.2, 0) is 16.0 Å². The van der Waals surface area contributed by atoms with Crippen molar-refractivity contribution in [3.8, 4) is 5.69 Å². The Labute approximate surface area is 169 Å². The summed E-state index contributed by atoms with van der Waals surface area (Å²) in [6, 6.07) is 7.90. The Morgan fingerprint density at radius 2 is 2.04 bits per heavy atom. The Kier molecular flexibility index (Phi) is 6.71. The highest BCUT2D eigenvalue weighted by molar-refractivity contribution is 7.99. The van der Waals surface area contributed by atoms with Gasteiger partial charge in [-0.05, 0) is 41.5 Å². The van der Waals surface area contributed by atoms with Gasteiger partial charge in [0.05, 0.1) is 18.0 Å². The number of aryl methyl sites for hydroxylation is 1. The Balaban J connectivity index is 1.58. The molecule has 0 radical (unpaired) electrons. The van der Waals surface area contributed by atoms with Crippen molar-refractivity contribution < 1.29 is 14.3 Å². The molecule has 0 unspecified atom stereocenters. The number of carbonyl (C=O) groups excluding carboxylic acids is 2. The number of amides is 1. The fraction of sp³-hybridized carbons (Fsp3) is 0.294. The van der Waals surface area contributed by atoms with Crippen molar-refractivity contribution in [1.29, 1.82) is 0 Å². The number of benzene rings is 1. The number of ether oxygens (including phenoxy) is 1. The van der Waals surface area contributed by atoms with Crippen LogP contribution < -0.4 is 5.32 Å². The first-order valence-corrected chi connectivity index (χ1v) is 10.4. The van der Waals surface area contributed by atoms with Crippen molar-refractivity contribution in [3.63, 3.8) is 0 Å². The molecule has 1 amide bonds. The number of tetrazole rings is 1.